The first kappa shape index (κ1) is 23.6. The Labute approximate surface area is 115 Å². The zero-order valence-corrected chi connectivity index (χ0v) is 7.73. The maximum absolute atomic E-state index is 8.06. The zero-order valence-electron chi connectivity index (χ0n) is 1.74. The van der Waals surface area contributed by atoms with Crippen molar-refractivity contribution >= 4 is 45.5 Å². The van der Waals surface area contributed by atoms with Crippen molar-refractivity contribution in [1.82, 2.24) is 0 Å². The third kappa shape index (κ3) is 18.5. The molecule has 27 valence electrons. The van der Waals surface area contributed by atoms with Gasteiger partial charge in [0, 0.05) is 52.7 Å². The van der Waals surface area contributed by atoms with E-state index in [-0.39, 0.29) is 98.1 Å². The summed E-state index contributed by atoms with van der Waals surface area (Å²) in [5, 5.41) is 0. The Balaban J connectivity index is -0.00000000167. The molecular weight excluding hydrogens is 352 g/mol. The Kier molecular flexibility index (Phi) is 122. The predicted molar refractivity (Wildman–Crippen MR) is 9.23 cm³/mol. The van der Waals surface area contributed by atoms with Gasteiger partial charge in [0.2, 0.25) is 0 Å². The van der Waals surface area contributed by atoms with Crippen molar-refractivity contribution in [2.24, 2.45) is 0 Å². The molecule has 0 saturated carbocycles. The molecule has 5 heteroatoms. The van der Waals surface area contributed by atoms with Gasteiger partial charge in [0.05, 0.1) is 0 Å². The molecule has 5 heavy (non-hydrogen) atoms. The Hall–Kier alpha value is 3.51. The molecule has 0 saturated heterocycles. The molecule has 2 radical (unpaired) electrons. The van der Waals surface area contributed by atoms with Crippen LogP contribution in [0.25, 0.3) is 0 Å². The minimum absolute atomic E-state index is 0. The van der Waals surface area contributed by atoms with E-state index in [9.17, 15) is 0 Å². The van der Waals surface area contributed by atoms with Crippen LogP contribution in [0.2, 0.25) is 0 Å². The minimum atomic E-state index is 0. The first-order valence-corrected chi connectivity index (χ1v) is 0.636. The molecule has 0 aliphatic heterocycles. The van der Waals surface area contributed by atoms with Crippen LogP contribution in [0.4, 0.5) is 0 Å². The van der Waals surface area contributed by atoms with Crippen LogP contribution in [-0.2, 0) is 36.8 Å². The van der Waals surface area contributed by atoms with Gasteiger partial charge >= 0.3 is 65.3 Å². The molecule has 0 aromatic carbocycles. The fourth-order valence-electron chi connectivity index (χ4n) is 0. The van der Waals surface area contributed by atoms with Gasteiger partial charge in [0.1, 0.15) is 0 Å². The summed E-state index contributed by atoms with van der Waals surface area (Å²) in [6.07, 6.45) is 0. The summed E-state index contributed by atoms with van der Waals surface area (Å²) < 4.78 is 8.06. The van der Waals surface area contributed by atoms with Gasteiger partial charge < -0.3 is 0 Å². The van der Waals surface area contributed by atoms with Crippen molar-refractivity contribution in [3.05, 3.63) is 0 Å². The normalized spacial score (nSPS) is 0.800. The maximum atomic E-state index is 8.06. The van der Waals surface area contributed by atoms with E-state index in [4.69, 9.17) is 3.83 Å². The van der Waals surface area contributed by atoms with Crippen LogP contribution in [-0.4, -0.2) is 45.5 Å². The first-order chi connectivity index (χ1) is 1.00. The van der Waals surface area contributed by atoms with Crippen molar-refractivity contribution in [3.8, 4) is 0 Å². The van der Waals surface area contributed by atoms with E-state index in [1.807, 2.05) is 0 Å². The van der Waals surface area contributed by atoms with Crippen molar-refractivity contribution in [2.45, 2.75) is 0 Å². The van der Waals surface area contributed by atoms with Gasteiger partial charge in [0.25, 0.3) is 0 Å². The number of hydrogen-bond acceptors (Lipinski definition) is 1. The van der Waals surface area contributed by atoms with Crippen molar-refractivity contribution in [2.75, 3.05) is 0 Å². The van der Waals surface area contributed by atoms with Crippen molar-refractivity contribution in [3.63, 3.8) is 0 Å². The van der Waals surface area contributed by atoms with Crippen LogP contribution >= 0.6 is 0 Å². The van der Waals surface area contributed by atoms with Crippen LogP contribution in [0.3, 0.4) is 0 Å². The van der Waals surface area contributed by atoms with Gasteiger partial charge in [-0.3, -0.25) is 0 Å². The molecule has 0 bridgehead atoms. The van der Waals surface area contributed by atoms with Gasteiger partial charge in [-0.05, 0) is 0 Å². The van der Waals surface area contributed by atoms with Crippen LogP contribution in [0, 0.1) is 35.6 Å². The quantitative estimate of drug-likeness (QED) is 0.508. The van der Waals surface area contributed by atoms with Crippen molar-refractivity contribution < 1.29 is 72.4 Å². The predicted octanol–water partition coefficient (Wildman–Crippen LogP) is -1.04. The molecule has 0 aliphatic rings. The molecule has 0 amide bonds. The van der Waals surface area contributed by atoms with Crippen LogP contribution in [0.15, 0.2) is 0 Å². The second kappa shape index (κ2) is 25.8. The fraction of sp³-hybridized carbons (Fsp3) is 0. The Morgan fingerprint density at radius 1 is 1.20 bits per heavy atom. The van der Waals surface area contributed by atoms with Gasteiger partial charge in [0.15, 0.2) is 0 Å². The third-order valence-electron chi connectivity index (χ3n) is 0. The van der Waals surface area contributed by atoms with Crippen LogP contribution in [0.1, 0.15) is 0 Å². The van der Waals surface area contributed by atoms with Crippen LogP contribution in [0.5, 0.6) is 0 Å². The number of rotatable bonds is 0. The van der Waals surface area contributed by atoms with E-state index in [1.54, 1.807) is 15.9 Å². The molecule has 0 aromatic rings. The van der Waals surface area contributed by atoms with Crippen LogP contribution < -0.4 is 0 Å². The summed E-state index contributed by atoms with van der Waals surface area (Å²) in [6.45, 7) is 0. The summed E-state index contributed by atoms with van der Waals surface area (Å²) >= 11 is 1.69. The molecule has 0 atom stereocenters. The standard InChI is InChI=1S/La.2Mn.O.Sr.2H. The molecule has 0 aliphatic carbocycles. The summed E-state index contributed by atoms with van der Waals surface area (Å²) in [5.74, 6) is 0. The molecular formula is H2LaMn2OSr. The molecule has 0 aromatic heterocycles. The van der Waals surface area contributed by atoms with E-state index in [0.717, 1.165) is 0 Å². The molecule has 1 nitrogen and oxygen atoms in total. The summed E-state index contributed by atoms with van der Waals surface area (Å²) in [7, 11) is 0. The third-order valence-corrected chi connectivity index (χ3v) is 0. The van der Waals surface area contributed by atoms with E-state index >= 15 is 0 Å². The van der Waals surface area contributed by atoms with Gasteiger partial charge in [-0.15, -0.1) is 0 Å². The number of hydrogen-bond donors (Lipinski definition) is 0. The average molecular weight is 354 g/mol. The first-order valence-electron chi connectivity index (χ1n) is 0.154. The molecule has 0 heterocycles. The molecule has 0 fully saturated rings. The van der Waals surface area contributed by atoms with Gasteiger partial charge in [-0.25, -0.2) is 0 Å². The van der Waals surface area contributed by atoms with Crippen molar-refractivity contribution in [1.29, 1.82) is 0 Å². The average Bonchev–Trinajstić information content (AvgIpc) is 1.00. The fourth-order valence-corrected chi connectivity index (χ4v) is 0. The summed E-state index contributed by atoms with van der Waals surface area (Å²) in [5.41, 5.74) is 0. The van der Waals surface area contributed by atoms with Gasteiger partial charge in [-0.1, -0.05) is 0 Å². The van der Waals surface area contributed by atoms with Gasteiger partial charge in [-0.2, -0.15) is 0 Å². The van der Waals surface area contributed by atoms with E-state index in [2.05, 4.69) is 0 Å². The van der Waals surface area contributed by atoms with E-state index < -0.39 is 0 Å². The van der Waals surface area contributed by atoms with E-state index in [1.165, 1.54) is 0 Å². The Morgan fingerprint density at radius 2 is 1.20 bits per heavy atom. The topological polar surface area (TPSA) is 17.1 Å². The SMILES string of the molecule is [La].[Mn].[O]=[Mn].[SrH2]. The summed E-state index contributed by atoms with van der Waals surface area (Å²) in [4.78, 5) is 0. The Morgan fingerprint density at radius 3 is 1.20 bits per heavy atom. The monoisotopic (exact) mass is 355 g/mol. The molecule has 0 unspecified atom stereocenters. The second-order valence-electron chi connectivity index (χ2n) is 0. The zero-order chi connectivity index (χ0) is 2.00. The second-order valence-corrected chi connectivity index (χ2v) is 0. The Bertz CT molecular complexity index is 9.61. The molecule has 0 spiro atoms. The summed E-state index contributed by atoms with van der Waals surface area (Å²) in [6, 6.07) is 0. The molecule has 0 rings (SSSR count). The molecule has 0 N–H and O–H groups in total. The van der Waals surface area contributed by atoms with E-state index in [0.29, 0.717) is 0 Å².